The minimum absolute atomic E-state index is 0.283. The number of piperazine rings is 1. The van der Waals surface area contributed by atoms with Crippen LogP contribution in [0, 0.1) is 5.92 Å². The van der Waals surface area contributed by atoms with Gasteiger partial charge in [0.2, 0.25) is 5.91 Å². The van der Waals surface area contributed by atoms with Crippen molar-refractivity contribution in [2.75, 3.05) is 65.6 Å². The summed E-state index contributed by atoms with van der Waals surface area (Å²) < 4.78 is 5.30. The van der Waals surface area contributed by atoms with E-state index < -0.39 is 0 Å². The molecule has 0 bridgehead atoms. The molecule has 2 fully saturated rings. The Morgan fingerprint density at radius 1 is 1.00 bits per heavy atom. The van der Waals surface area contributed by atoms with Crippen molar-refractivity contribution in [2.24, 2.45) is 5.92 Å². The zero-order chi connectivity index (χ0) is 13.7. The number of amides is 1. The molecule has 0 radical (unpaired) electrons. The largest absolute Gasteiger partial charge is 0.379 e. The van der Waals surface area contributed by atoms with Crippen LogP contribution in [0.5, 0.6) is 0 Å². The molecule has 0 spiro atoms. The van der Waals surface area contributed by atoms with Crippen LogP contribution in [-0.4, -0.2) is 86.2 Å². The SMILES string of the molecule is CC(C)CN1CCN(C(=O)CN2CCOCC2)CC1. The molecule has 0 aliphatic carbocycles. The smallest absolute Gasteiger partial charge is 0.236 e. The standard InChI is InChI=1S/C14H27N3O2/c1-13(2)11-15-3-5-17(6-4-15)14(18)12-16-7-9-19-10-8-16/h13H,3-12H2,1-2H3. The van der Waals surface area contributed by atoms with Gasteiger partial charge in [-0.25, -0.2) is 0 Å². The Morgan fingerprint density at radius 2 is 1.63 bits per heavy atom. The lowest BCUT2D eigenvalue weighted by molar-refractivity contribution is -0.135. The number of rotatable bonds is 4. The van der Waals surface area contributed by atoms with Gasteiger partial charge in [-0.05, 0) is 5.92 Å². The lowest BCUT2D eigenvalue weighted by atomic mass is 10.2. The first-order chi connectivity index (χ1) is 9.15. The van der Waals surface area contributed by atoms with E-state index >= 15 is 0 Å². The second-order valence-electron chi connectivity index (χ2n) is 5.96. The molecule has 0 aromatic carbocycles. The van der Waals surface area contributed by atoms with Crippen LogP contribution in [0.4, 0.5) is 0 Å². The van der Waals surface area contributed by atoms with Crippen molar-refractivity contribution >= 4 is 5.91 Å². The van der Waals surface area contributed by atoms with E-state index in [4.69, 9.17) is 4.74 Å². The second-order valence-corrected chi connectivity index (χ2v) is 5.96. The lowest BCUT2D eigenvalue weighted by Crippen LogP contribution is -2.52. The van der Waals surface area contributed by atoms with E-state index in [-0.39, 0.29) is 5.91 Å². The summed E-state index contributed by atoms with van der Waals surface area (Å²) in [4.78, 5) is 18.9. The van der Waals surface area contributed by atoms with Gasteiger partial charge in [-0.1, -0.05) is 13.8 Å². The Bertz CT molecular complexity index is 282. The van der Waals surface area contributed by atoms with Gasteiger partial charge in [-0.15, -0.1) is 0 Å². The molecular weight excluding hydrogens is 242 g/mol. The molecule has 2 rings (SSSR count). The highest BCUT2D eigenvalue weighted by atomic mass is 16.5. The minimum Gasteiger partial charge on any atom is -0.379 e. The molecule has 0 N–H and O–H groups in total. The maximum absolute atomic E-state index is 12.2. The van der Waals surface area contributed by atoms with Crippen molar-refractivity contribution in [3.8, 4) is 0 Å². The number of ether oxygens (including phenoxy) is 1. The number of nitrogens with zero attached hydrogens (tertiary/aromatic N) is 3. The van der Waals surface area contributed by atoms with Crippen LogP contribution in [0.2, 0.25) is 0 Å². The molecule has 2 heterocycles. The Morgan fingerprint density at radius 3 is 2.21 bits per heavy atom. The summed E-state index contributed by atoms with van der Waals surface area (Å²) >= 11 is 0. The van der Waals surface area contributed by atoms with E-state index in [0.717, 1.165) is 59.0 Å². The molecule has 0 aromatic heterocycles. The quantitative estimate of drug-likeness (QED) is 0.726. The Kier molecular flexibility index (Phi) is 5.60. The number of carbonyl (C=O) groups is 1. The van der Waals surface area contributed by atoms with Gasteiger partial charge in [0.15, 0.2) is 0 Å². The molecule has 0 saturated carbocycles. The average molecular weight is 269 g/mol. The third-order valence-corrected chi connectivity index (χ3v) is 3.81. The molecule has 0 unspecified atom stereocenters. The average Bonchev–Trinajstić information content (AvgIpc) is 2.40. The van der Waals surface area contributed by atoms with Crippen molar-refractivity contribution in [1.29, 1.82) is 0 Å². The van der Waals surface area contributed by atoms with Crippen LogP contribution < -0.4 is 0 Å². The van der Waals surface area contributed by atoms with Gasteiger partial charge in [0.25, 0.3) is 0 Å². The molecule has 5 heteroatoms. The fourth-order valence-electron chi connectivity index (χ4n) is 2.75. The van der Waals surface area contributed by atoms with Gasteiger partial charge < -0.3 is 9.64 Å². The molecule has 110 valence electrons. The van der Waals surface area contributed by atoms with Crippen LogP contribution >= 0.6 is 0 Å². The summed E-state index contributed by atoms with van der Waals surface area (Å²) in [5.74, 6) is 0.988. The first kappa shape index (κ1) is 14.8. The van der Waals surface area contributed by atoms with Crippen molar-refractivity contribution in [2.45, 2.75) is 13.8 Å². The molecule has 0 aromatic rings. The highest BCUT2D eigenvalue weighted by Crippen LogP contribution is 2.06. The summed E-state index contributed by atoms with van der Waals surface area (Å²) in [6.07, 6.45) is 0. The van der Waals surface area contributed by atoms with Crippen LogP contribution in [-0.2, 0) is 9.53 Å². The zero-order valence-corrected chi connectivity index (χ0v) is 12.3. The van der Waals surface area contributed by atoms with Gasteiger partial charge in [-0.3, -0.25) is 14.6 Å². The lowest BCUT2D eigenvalue weighted by Gasteiger charge is -2.37. The third-order valence-electron chi connectivity index (χ3n) is 3.81. The number of carbonyl (C=O) groups excluding carboxylic acids is 1. The van der Waals surface area contributed by atoms with Gasteiger partial charge >= 0.3 is 0 Å². The highest BCUT2D eigenvalue weighted by Gasteiger charge is 2.23. The van der Waals surface area contributed by atoms with Crippen LogP contribution in [0.15, 0.2) is 0 Å². The zero-order valence-electron chi connectivity index (χ0n) is 12.3. The van der Waals surface area contributed by atoms with Crippen LogP contribution in [0.3, 0.4) is 0 Å². The molecule has 1 amide bonds. The maximum atomic E-state index is 12.2. The third kappa shape index (κ3) is 4.75. The number of morpholine rings is 1. The Balaban J connectivity index is 1.69. The number of hydrogen-bond acceptors (Lipinski definition) is 4. The summed E-state index contributed by atoms with van der Waals surface area (Å²) in [7, 11) is 0. The maximum Gasteiger partial charge on any atom is 0.236 e. The molecule has 5 nitrogen and oxygen atoms in total. The van der Waals surface area contributed by atoms with Crippen molar-refractivity contribution in [1.82, 2.24) is 14.7 Å². The minimum atomic E-state index is 0.283. The molecule has 2 saturated heterocycles. The molecule has 19 heavy (non-hydrogen) atoms. The number of hydrogen-bond donors (Lipinski definition) is 0. The highest BCUT2D eigenvalue weighted by molar-refractivity contribution is 5.78. The topological polar surface area (TPSA) is 36.0 Å². The molecule has 2 aliphatic rings. The normalized spacial score (nSPS) is 23.0. The van der Waals surface area contributed by atoms with Crippen molar-refractivity contribution < 1.29 is 9.53 Å². The first-order valence-electron chi connectivity index (χ1n) is 7.45. The fourth-order valence-corrected chi connectivity index (χ4v) is 2.75. The predicted molar refractivity (Wildman–Crippen MR) is 75.1 cm³/mol. The Hall–Kier alpha value is -0.650. The van der Waals surface area contributed by atoms with Crippen molar-refractivity contribution in [3.05, 3.63) is 0 Å². The second kappa shape index (κ2) is 7.22. The summed E-state index contributed by atoms with van der Waals surface area (Å²) in [5, 5.41) is 0. The van der Waals surface area contributed by atoms with E-state index in [1.807, 2.05) is 4.90 Å². The van der Waals surface area contributed by atoms with E-state index in [1.165, 1.54) is 0 Å². The van der Waals surface area contributed by atoms with Gasteiger partial charge in [-0.2, -0.15) is 0 Å². The summed E-state index contributed by atoms with van der Waals surface area (Å²) in [5.41, 5.74) is 0. The Labute approximate surface area is 116 Å². The summed E-state index contributed by atoms with van der Waals surface area (Å²) in [6.45, 7) is 13.3. The van der Waals surface area contributed by atoms with E-state index in [9.17, 15) is 4.79 Å². The van der Waals surface area contributed by atoms with Gasteiger partial charge in [0.1, 0.15) is 0 Å². The monoisotopic (exact) mass is 269 g/mol. The van der Waals surface area contributed by atoms with Gasteiger partial charge in [0, 0.05) is 45.8 Å². The molecule has 0 atom stereocenters. The molecular formula is C14H27N3O2. The first-order valence-corrected chi connectivity index (χ1v) is 7.45. The van der Waals surface area contributed by atoms with Crippen molar-refractivity contribution in [3.63, 3.8) is 0 Å². The molecule has 2 aliphatic heterocycles. The predicted octanol–water partition coefficient (Wildman–Crippen LogP) is 0.119. The fraction of sp³-hybridized carbons (Fsp3) is 0.929. The van der Waals surface area contributed by atoms with Crippen LogP contribution in [0.25, 0.3) is 0 Å². The van der Waals surface area contributed by atoms with E-state index in [2.05, 4.69) is 23.6 Å². The van der Waals surface area contributed by atoms with E-state index in [0.29, 0.717) is 12.5 Å². The van der Waals surface area contributed by atoms with Gasteiger partial charge in [0.05, 0.1) is 19.8 Å². The van der Waals surface area contributed by atoms with E-state index in [1.54, 1.807) is 0 Å². The summed E-state index contributed by atoms with van der Waals surface area (Å²) in [6, 6.07) is 0. The van der Waals surface area contributed by atoms with Crippen LogP contribution in [0.1, 0.15) is 13.8 Å².